The van der Waals surface area contributed by atoms with Gasteiger partial charge in [-0.3, -0.25) is 9.59 Å². The number of ether oxygens (including phenoxy) is 1. The first-order chi connectivity index (χ1) is 8.84. The Morgan fingerprint density at radius 1 is 1.42 bits per heavy atom. The lowest BCUT2D eigenvalue weighted by atomic mass is 9.99. The van der Waals surface area contributed by atoms with Gasteiger partial charge in [0.25, 0.3) is 0 Å². The Labute approximate surface area is 113 Å². The smallest absolute Gasteiger partial charge is 0.325 e. The number of esters is 1. The topological polar surface area (TPSA) is 92.8 Å². The number of hydrogen-bond acceptors (Lipinski definition) is 5. The summed E-state index contributed by atoms with van der Waals surface area (Å²) in [4.78, 5) is 22.9. The number of piperidine rings is 1. The number of rotatable bonds is 5. The second kappa shape index (κ2) is 6.85. The van der Waals surface area contributed by atoms with Gasteiger partial charge in [-0.05, 0) is 19.8 Å². The van der Waals surface area contributed by atoms with Crippen molar-refractivity contribution in [3.05, 3.63) is 0 Å². The molecule has 1 unspecified atom stereocenters. The Balaban J connectivity index is 2.46. The lowest BCUT2D eigenvalue weighted by Gasteiger charge is -2.29. The molecule has 1 fully saturated rings. The number of amides is 1. The number of carbonyl (C=O) groups excluding carboxylic acids is 2. The molecule has 19 heavy (non-hydrogen) atoms. The zero-order valence-corrected chi connectivity index (χ0v) is 12.0. The lowest BCUT2D eigenvalue weighted by Crippen LogP contribution is -2.46. The van der Waals surface area contributed by atoms with Crippen molar-refractivity contribution in [1.82, 2.24) is 9.62 Å². The molecule has 1 aliphatic heterocycles. The molecule has 1 amide bonds. The Kier molecular flexibility index (Phi) is 5.74. The van der Waals surface area contributed by atoms with Crippen LogP contribution in [0.3, 0.4) is 0 Å². The molecule has 7 nitrogen and oxygen atoms in total. The Hall–Kier alpha value is -1.15. The molecule has 0 aromatic heterocycles. The van der Waals surface area contributed by atoms with Crippen molar-refractivity contribution in [3.63, 3.8) is 0 Å². The summed E-state index contributed by atoms with van der Waals surface area (Å²) in [6.07, 6.45) is 2.40. The van der Waals surface area contributed by atoms with E-state index in [1.807, 2.05) is 0 Å². The van der Waals surface area contributed by atoms with Gasteiger partial charge in [0.2, 0.25) is 15.9 Å². The van der Waals surface area contributed by atoms with Crippen molar-refractivity contribution in [2.24, 2.45) is 5.92 Å². The summed E-state index contributed by atoms with van der Waals surface area (Å²) >= 11 is 0. The first-order valence-corrected chi connectivity index (χ1v) is 8.08. The third-order valence-electron chi connectivity index (χ3n) is 2.94. The van der Waals surface area contributed by atoms with Gasteiger partial charge < -0.3 is 10.1 Å². The standard InChI is InChI=1S/C11H20N2O5S/c1-3-18-10(14)7-12-11(15)9-5-4-6-13(8-9)19(2,16)17/h9H,3-8H2,1-2H3,(H,12,15). The molecule has 0 aliphatic carbocycles. The highest BCUT2D eigenvalue weighted by Crippen LogP contribution is 2.18. The third kappa shape index (κ3) is 5.15. The molecule has 0 aromatic carbocycles. The van der Waals surface area contributed by atoms with E-state index in [2.05, 4.69) is 5.32 Å². The number of sulfonamides is 1. The Bertz CT molecular complexity index is 434. The van der Waals surface area contributed by atoms with Crippen LogP contribution in [0.1, 0.15) is 19.8 Å². The van der Waals surface area contributed by atoms with Gasteiger partial charge in [0, 0.05) is 13.1 Å². The van der Waals surface area contributed by atoms with Crippen molar-refractivity contribution >= 4 is 21.9 Å². The van der Waals surface area contributed by atoms with E-state index in [0.29, 0.717) is 19.4 Å². The molecule has 1 aliphatic rings. The van der Waals surface area contributed by atoms with E-state index in [0.717, 1.165) is 6.26 Å². The number of carbonyl (C=O) groups is 2. The molecule has 0 saturated carbocycles. The fourth-order valence-electron chi connectivity index (χ4n) is 1.97. The van der Waals surface area contributed by atoms with E-state index in [4.69, 9.17) is 4.74 Å². The third-order valence-corrected chi connectivity index (χ3v) is 4.21. The molecular formula is C11H20N2O5S. The van der Waals surface area contributed by atoms with Gasteiger partial charge >= 0.3 is 5.97 Å². The molecule has 8 heteroatoms. The van der Waals surface area contributed by atoms with Gasteiger partial charge in [-0.25, -0.2) is 12.7 Å². The van der Waals surface area contributed by atoms with Crippen molar-refractivity contribution in [2.75, 3.05) is 32.5 Å². The SMILES string of the molecule is CCOC(=O)CNC(=O)C1CCCN(S(C)(=O)=O)C1. The maximum absolute atomic E-state index is 11.8. The fourth-order valence-corrected chi connectivity index (χ4v) is 2.88. The van der Waals surface area contributed by atoms with E-state index >= 15 is 0 Å². The van der Waals surface area contributed by atoms with Crippen LogP contribution in [-0.2, 0) is 24.3 Å². The van der Waals surface area contributed by atoms with Gasteiger partial charge in [-0.2, -0.15) is 0 Å². The summed E-state index contributed by atoms with van der Waals surface area (Å²) in [6, 6.07) is 0. The summed E-state index contributed by atoms with van der Waals surface area (Å²) in [6.45, 7) is 2.39. The van der Waals surface area contributed by atoms with Crippen LogP contribution in [0.4, 0.5) is 0 Å². The van der Waals surface area contributed by atoms with E-state index in [1.54, 1.807) is 6.92 Å². The summed E-state index contributed by atoms with van der Waals surface area (Å²) < 4.78 is 28.8. The average Bonchev–Trinajstić information content (AvgIpc) is 2.35. The van der Waals surface area contributed by atoms with Crippen LogP contribution < -0.4 is 5.32 Å². The van der Waals surface area contributed by atoms with Crippen LogP contribution in [0.15, 0.2) is 0 Å². The van der Waals surface area contributed by atoms with Gasteiger partial charge in [-0.15, -0.1) is 0 Å². The van der Waals surface area contributed by atoms with Gasteiger partial charge in [0.15, 0.2) is 0 Å². The average molecular weight is 292 g/mol. The summed E-state index contributed by atoms with van der Waals surface area (Å²) in [5.74, 6) is -1.20. The largest absolute Gasteiger partial charge is 0.465 e. The van der Waals surface area contributed by atoms with Crippen molar-refractivity contribution in [3.8, 4) is 0 Å². The monoisotopic (exact) mass is 292 g/mol. The molecule has 1 atom stereocenters. The zero-order chi connectivity index (χ0) is 14.5. The molecular weight excluding hydrogens is 272 g/mol. The van der Waals surface area contributed by atoms with E-state index in [1.165, 1.54) is 4.31 Å². The number of nitrogens with zero attached hydrogens (tertiary/aromatic N) is 1. The molecule has 0 bridgehead atoms. The molecule has 0 spiro atoms. The Morgan fingerprint density at radius 2 is 2.11 bits per heavy atom. The van der Waals surface area contributed by atoms with E-state index in [9.17, 15) is 18.0 Å². The maximum Gasteiger partial charge on any atom is 0.325 e. The maximum atomic E-state index is 11.8. The van der Waals surface area contributed by atoms with Crippen LogP contribution in [0.25, 0.3) is 0 Å². The zero-order valence-electron chi connectivity index (χ0n) is 11.2. The van der Waals surface area contributed by atoms with E-state index < -0.39 is 21.9 Å². The normalized spacial score (nSPS) is 20.8. The molecule has 1 N–H and O–H groups in total. The highest BCUT2D eigenvalue weighted by Gasteiger charge is 2.30. The summed E-state index contributed by atoms with van der Waals surface area (Å²) in [7, 11) is -3.27. The molecule has 1 heterocycles. The summed E-state index contributed by atoms with van der Waals surface area (Å²) in [5, 5.41) is 2.47. The Morgan fingerprint density at radius 3 is 2.68 bits per heavy atom. The predicted molar refractivity (Wildman–Crippen MR) is 68.8 cm³/mol. The first-order valence-electron chi connectivity index (χ1n) is 6.23. The molecule has 1 saturated heterocycles. The quantitative estimate of drug-likeness (QED) is 0.679. The highest BCUT2D eigenvalue weighted by molar-refractivity contribution is 7.88. The first kappa shape index (κ1) is 15.9. The highest BCUT2D eigenvalue weighted by atomic mass is 32.2. The minimum Gasteiger partial charge on any atom is -0.465 e. The second-order valence-corrected chi connectivity index (χ2v) is 6.47. The molecule has 110 valence electrons. The minimum atomic E-state index is -3.27. The second-order valence-electron chi connectivity index (χ2n) is 4.48. The van der Waals surface area contributed by atoms with Gasteiger partial charge in [-0.1, -0.05) is 0 Å². The summed E-state index contributed by atoms with van der Waals surface area (Å²) in [5.41, 5.74) is 0. The van der Waals surface area contributed by atoms with Crippen LogP contribution in [0.2, 0.25) is 0 Å². The van der Waals surface area contributed by atoms with Crippen molar-refractivity contribution < 1.29 is 22.7 Å². The molecule has 0 radical (unpaired) electrons. The molecule has 0 aromatic rings. The van der Waals surface area contributed by atoms with Crippen molar-refractivity contribution in [2.45, 2.75) is 19.8 Å². The fraction of sp³-hybridized carbons (Fsp3) is 0.818. The van der Waals surface area contributed by atoms with Crippen molar-refractivity contribution in [1.29, 1.82) is 0 Å². The lowest BCUT2D eigenvalue weighted by molar-refractivity contribution is -0.144. The number of nitrogens with one attached hydrogen (secondary N) is 1. The van der Waals surface area contributed by atoms with Crippen LogP contribution in [0, 0.1) is 5.92 Å². The number of hydrogen-bond donors (Lipinski definition) is 1. The van der Waals surface area contributed by atoms with Crippen LogP contribution in [0.5, 0.6) is 0 Å². The molecule has 1 rings (SSSR count). The van der Waals surface area contributed by atoms with Crippen LogP contribution >= 0.6 is 0 Å². The van der Waals surface area contributed by atoms with Gasteiger partial charge in [0.1, 0.15) is 6.54 Å². The van der Waals surface area contributed by atoms with Gasteiger partial charge in [0.05, 0.1) is 18.8 Å². The minimum absolute atomic E-state index is 0.174. The van der Waals surface area contributed by atoms with E-state index in [-0.39, 0.29) is 25.6 Å². The van der Waals surface area contributed by atoms with Crippen LogP contribution in [-0.4, -0.2) is 57.1 Å². The predicted octanol–water partition coefficient (Wildman–Crippen LogP) is -0.663.